The van der Waals surface area contributed by atoms with Crippen molar-refractivity contribution >= 4 is 28.6 Å². The molecular formula is C14H13N5O2. The van der Waals surface area contributed by atoms with Gasteiger partial charge in [0.1, 0.15) is 5.76 Å². The summed E-state index contributed by atoms with van der Waals surface area (Å²) in [6, 6.07) is 5.49. The molecule has 2 aromatic heterocycles. The van der Waals surface area contributed by atoms with E-state index in [2.05, 4.69) is 26.8 Å². The molecule has 0 bridgehead atoms. The van der Waals surface area contributed by atoms with Crippen molar-refractivity contribution in [3.05, 3.63) is 53.2 Å². The topological polar surface area (TPSA) is 110 Å². The van der Waals surface area contributed by atoms with Gasteiger partial charge in [-0.3, -0.25) is 9.78 Å². The highest BCUT2D eigenvalue weighted by Gasteiger charge is 2.06. The summed E-state index contributed by atoms with van der Waals surface area (Å²) in [7, 11) is 0. The fourth-order valence-electron chi connectivity index (χ4n) is 1.96. The highest BCUT2D eigenvalue weighted by atomic mass is 16.4. The molecule has 0 radical (unpaired) electrons. The van der Waals surface area contributed by atoms with Crippen molar-refractivity contribution < 1.29 is 4.42 Å². The number of allylic oxidation sites excluding steroid dienone is 1. The van der Waals surface area contributed by atoms with Crippen molar-refractivity contribution in [1.29, 1.82) is 0 Å². The molecule has 1 aromatic carbocycles. The Bertz CT molecular complexity index is 865. The average Bonchev–Trinajstić information content (AvgIpc) is 2.87. The third kappa shape index (κ3) is 2.62. The van der Waals surface area contributed by atoms with E-state index in [9.17, 15) is 4.79 Å². The van der Waals surface area contributed by atoms with Crippen molar-refractivity contribution in [3.8, 4) is 0 Å². The van der Waals surface area contributed by atoms with Crippen molar-refractivity contribution in [1.82, 2.24) is 15.0 Å². The molecule has 0 amide bonds. The van der Waals surface area contributed by atoms with Crippen LogP contribution >= 0.6 is 0 Å². The second-order valence-electron chi connectivity index (χ2n) is 4.43. The first-order chi connectivity index (χ1) is 10.2. The molecule has 2 heterocycles. The summed E-state index contributed by atoms with van der Waals surface area (Å²) in [5.41, 5.74) is 6.41. The summed E-state index contributed by atoms with van der Waals surface area (Å²) in [5.74, 6) is 0.801. The highest BCUT2D eigenvalue weighted by Crippen LogP contribution is 2.20. The van der Waals surface area contributed by atoms with Gasteiger partial charge in [-0.05, 0) is 18.2 Å². The molecule has 7 heteroatoms. The van der Waals surface area contributed by atoms with Crippen LogP contribution in [0.15, 0.2) is 46.3 Å². The number of nitrogen functional groups attached to an aromatic ring is 1. The first-order valence-electron chi connectivity index (χ1n) is 6.28. The highest BCUT2D eigenvalue weighted by molar-refractivity contribution is 5.82. The number of aromatic nitrogens is 3. The minimum Gasteiger partial charge on any atom is -0.428 e. The molecule has 0 spiro atoms. The number of hydrogen-bond acceptors (Lipinski definition) is 6. The maximum absolute atomic E-state index is 11.8. The molecule has 7 nitrogen and oxygen atoms in total. The zero-order valence-corrected chi connectivity index (χ0v) is 11.1. The van der Waals surface area contributed by atoms with Crippen LogP contribution in [0, 0.1) is 0 Å². The van der Waals surface area contributed by atoms with Gasteiger partial charge in [0.05, 0.1) is 17.1 Å². The molecule has 0 aliphatic rings. The Morgan fingerprint density at radius 1 is 1.48 bits per heavy atom. The van der Waals surface area contributed by atoms with Crippen LogP contribution in [0.1, 0.15) is 5.76 Å². The number of oxazole rings is 1. The molecule has 21 heavy (non-hydrogen) atoms. The lowest BCUT2D eigenvalue weighted by atomic mass is 10.2. The molecule has 0 atom stereocenters. The maximum Gasteiger partial charge on any atom is 0.299 e. The number of hydrogen-bond donors (Lipinski definition) is 3. The standard InChI is InChI=1S/C14H13N5O2/c1-2-3-9-7-16-14(21-9)17-8-4-5-11-10(6-8)12(20)19-13(15)18-11/h2,4-7H,1,3H2,(H,16,17)(H3,15,18,19,20). The average molecular weight is 283 g/mol. The predicted octanol–water partition coefficient (Wildman–Crippen LogP) is 1.97. The Morgan fingerprint density at radius 2 is 2.33 bits per heavy atom. The number of nitrogens with two attached hydrogens (primary N) is 1. The molecule has 0 aliphatic carbocycles. The first kappa shape index (κ1) is 12.9. The van der Waals surface area contributed by atoms with Gasteiger partial charge in [0, 0.05) is 12.1 Å². The van der Waals surface area contributed by atoms with E-state index < -0.39 is 0 Å². The van der Waals surface area contributed by atoms with Crippen LogP contribution in [0.3, 0.4) is 0 Å². The molecule has 0 fully saturated rings. The number of rotatable bonds is 4. The number of aromatic amines is 1. The second-order valence-corrected chi connectivity index (χ2v) is 4.43. The van der Waals surface area contributed by atoms with Crippen LogP contribution in [-0.2, 0) is 6.42 Å². The van der Waals surface area contributed by atoms with Crippen LogP contribution < -0.4 is 16.6 Å². The maximum atomic E-state index is 11.8. The summed E-state index contributed by atoms with van der Waals surface area (Å²) in [5, 5.41) is 3.43. The van der Waals surface area contributed by atoms with Crippen molar-refractivity contribution in [2.75, 3.05) is 11.1 Å². The lowest BCUT2D eigenvalue weighted by Gasteiger charge is -2.03. The van der Waals surface area contributed by atoms with Crippen molar-refractivity contribution in [2.24, 2.45) is 0 Å². The van der Waals surface area contributed by atoms with E-state index >= 15 is 0 Å². The summed E-state index contributed by atoms with van der Waals surface area (Å²) in [6.45, 7) is 3.64. The Labute approximate surface area is 119 Å². The quantitative estimate of drug-likeness (QED) is 0.631. The van der Waals surface area contributed by atoms with Gasteiger partial charge in [-0.2, -0.15) is 0 Å². The Hall–Kier alpha value is -3.09. The minimum absolute atomic E-state index is 0.0926. The number of anilines is 3. The largest absolute Gasteiger partial charge is 0.428 e. The fraction of sp³-hybridized carbons (Fsp3) is 0.0714. The van der Waals surface area contributed by atoms with Gasteiger partial charge in [-0.1, -0.05) is 6.08 Å². The molecule has 3 aromatic rings. The van der Waals surface area contributed by atoms with Crippen LogP contribution in [0.4, 0.5) is 17.7 Å². The van der Waals surface area contributed by atoms with Crippen LogP contribution in [0.25, 0.3) is 10.9 Å². The van der Waals surface area contributed by atoms with E-state index in [4.69, 9.17) is 10.2 Å². The van der Waals surface area contributed by atoms with Crippen LogP contribution in [0.2, 0.25) is 0 Å². The zero-order valence-electron chi connectivity index (χ0n) is 11.1. The third-order valence-electron chi connectivity index (χ3n) is 2.87. The van der Waals surface area contributed by atoms with Crippen LogP contribution in [0.5, 0.6) is 0 Å². The molecule has 106 valence electrons. The Morgan fingerprint density at radius 3 is 3.14 bits per heavy atom. The van der Waals surface area contributed by atoms with E-state index in [1.807, 2.05) is 0 Å². The van der Waals surface area contributed by atoms with Gasteiger partial charge in [0.25, 0.3) is 11.6 Å². The predicted molar refractivity (Wildman–Crippen MR) is 80.5 cm³/mol. The van der Waals surface area contributed by atoms with Gasteiger partial charge < -0.3 is 15.5 Å². The van der Waals surface area contributed by atoms with E-state index in [1.54, 1.807) is 30.5 Å². The fourth-order valence-corrected chi connectivity index (χ4v) is 1.96. The molecular weight excluding hydrogens is 270 g/mol. The van der Waals surface area contributed by atoms with Gasteiger partial charge >= 0.3 is 0 Å². The van der Waals surface area contributed by atoms with Crippen molar-refractivity contribution in [2.45, 2.75) is 6.42 Å². The number of nitrogens with one attached hydrogen (secondary N) is 2. The SMILES string of the molecule is C=CCc1cnc(Nc2ccc3nc(N)[nH]c(=O)c3c2)o1. The van der Waals surface area contributed by atoms with Crippen LogP contribution in [-0.4, -0.2) is 15.0 Å². The van der Waals surface area contributed by atoms with Gasteiger partial charge in [0.15, 0.2) is 0 Å². The second kappa shape index (κ2) is 5.12. The monoisotopic (exact) mass is 283 g/mol. The molecule has 4 N–H and O–H groups in total. The smallest absolute Gasteiger partial charge is 0.299 e. The lowest BCUT2D eigenvalue weighted by molar-refractivity contribution is 0.534. The number of fused-ring (bicyclic) bond motifs is 1. The summed E-state index contributed by atoms with van der Waals surface area (Å²) >= 11 is 0. The van der Waals surface area contributed by atoms with Gasteiger partial charge in [0.2, 0.25) is 5.95 Å². The number of nitrogens with zero attached hydrogens (tertiary/aromatic N) is 2. The molecule has 0 saturated carbocycles. The molecule has 0 saturated heterocycles. The Balaban J connectivity index is 1.93. The summed E-state index contributed by atoms with van der Waals surface area (Å²) in [6.07, 6.45) is 3.96. The minimum atomic E-state index is -0.291. The molecule has 3 rings (SSSR count). The van der Waals surface area contributed by atoms with E-state index in [-0.39, 0.29) is 11.5 Å². The molecule has 0 aliphatic heterocycles. The van der Waals surface area contributed by atoms with E-state index in [1.165, 1.54) is 0 Å². The van der Waals surface area contributed by atoms with E-state index in [0.29, 0.717) is 34.8 Å². The van der Waals surface area contributed by atoms with Gasteiger partial charge in [-0.15, -0.1) is 6.58 Å². The van der Waals surface area contributed by atoms with Gasteiger partial charge in [-0.25, -0.2) is 9.97 Å². The number of H-pyrrole nitrogens is 1. The third-order valence-corrected chi connectivity index (χ3v) is 2.87. The summed E-state index contributed by atoms with van der Waals surface area (Å²) < 4.78 is 5.47. The normalized spacial score (nSPS) is 10.7. The zero-order chi connectivity index (χ0) is 14.8. The Kier molecular flexibility index (Phi) is 3.15. The van der Waals surface area contributed by atoms with E-state index in [0.717, 1.165) is 0 Å². The number of benzene rings is 1. The molecule has 0 unspecified atom stereocenters. The lowest BCUT2D eigenvalue weighted by Crippen LogP contribution is -2.11. The summed E-state index contributed by atoms with van der Waals surface area (Å²) in [4.78, 5) is 22.5. The first-order valence-corrected chi connectivity index (χ1v) is 6.28. The van der Waals surface area contributed by atoms with Crippen molar-refractivity contribution in [3.63, 3.8) is 0 Å².